The molecule has 0 saturated heterocycles. The van der Waals surface area contributed by atoms with Crippen LogP contribution < -0.4 is 5.32 Å². The van der Waals surface area contributed by atoms with Gasteiger partial charge >= 0.3 is 0 Å². The van der Waals surface area contributed by atoms with Crippen molar-refractivity contribution < 1.29 is 14.3 Å². The molecule has 0 aliphatic rings. The minimum atomic E-state index is -0.864. The molecule has 0 aliphatic carbocycles. The molecule has 19 heavy (non-hydrogen) atoms. The quantitative estimate of drug-likeness (QED) is 0.904. The number of aliphatic hydroxyl groups excluding tert-OH is 1. The van der Waals surface area contributed by atoms with Gasteiger partial charge in [0.15, 0.2) is 0 Å². The lowest BCUT2D eigenvalue weighted by molar-refractivity contribution is 0.0900. The number of aliphatic hydroxyl groups is 1. The number of rotatable bonds is 4. The summed E-state index contributed by atoms with van der Waals surface area (Å²) in [6, 6.07) is 10.1. The highest BCUT2D eigenvalue weighted by atomic mass is 35.5. The molecule has 1 atom stereocenters. The van der Waals surface area contributed by atoms with E-state index in [1.54, 1.807) is 43.3 Å². The fourth-order valence-electron chi connectivity index (χ4n) is 1.65. The van der Waals surface area contributed by atoms with E-state index in [4.69, 9.17) is 16.0 Å². The van der Waals surface area contributed by atoms with Crippen LogP contribution in [-0.4, -0.2) is 17.6 Å². The van der Waals surface area contributed by atoms with Crippen molar-refractivity contribution in [2.24, 2.45) is 0 Å². The van der Waals surface area contributed by atoms with Crippen LogP contribution >= 0.6 is 11.6 Å². The summed E-state index contributed by atoms with van der Waals surface area (Å²) in [4.78, 5) is 11.8. The van der Waals surface area contributed by atoms with Gasteiger partial charge < -0.3 is 14.8 Å². The van der Waals surface area contributed by atoms with Gasteiger partial charge in [0, 0.05) is 10.6 Å². The van der Waals surface area contributed by atoms with Crippen LogP contribution in [0.5, 0.6) is 0 Å². The van der Waals surface area contributed by atoms with Crippen molar-refractivity contribution in [2.75, 3.05) is 6.54 Å². The highest BCUT2D eigenvalue weighted by Gasteiger charge is 2.13. The Balaban J connectivity index is 1.93. The van der Waals surface area contributed by atoms with Gasteiger partial charge in [-0.25, -0.2) is 0 Å². The molecule has 0 aliphatic heterocycles. The van der Waals surface area contributed by atoms with Gasteiger partial charge in [0.1, 0.15) is 17.6 Å². The second kappa shape index (κ2) is 5.91. The van der Waals surface area contributed by atoms with E-state index < -0.39 is 6.10 Å². The zero-order valence-electron chi connectivity index (χ0n) is 10.4. The summed E-state index contributed by atoms with van der Waals surface area (Å²) in [6.45, 7) is 1.87. The predicted octanol–water partition coefficient (Wildman–Crippen LogP) is 2.70. The van der Waals surface area contributed by atoms with E-state index in [0.717, 1.165) is 5.76 Å². The third-order valence-electron chi connectivity index (χ3n) is 2.63. The fourth-order valence-corrected chi connectivity index (χ4v) is 1.84. The molecule has 0 unspecified atom stereocenters. The lowest BCUT2D eigenvalue weighted by atomic mass is 10.2. The van der Waals surface area contributed by atoms with Crippen LogP contribution in [0, 0.1) is 6.92 Å². The van der Waals surface area contributed by atoms with Crippen LogP contribution in [0.15, 0.2) is 40.8 Å². The summed E-state index contributed by atoms with van der Waals surface area (Å²) in [7, 11) is 0. The van der Waals surface area contributed by atoms with Crippen molar-refractivity contribution >= 4 is 17.5 Å². The second-order valence-electron chi connectivity index (χ2n) is 4.18. The molecule has 100 valence electrons. The first-order valence-corrected chi connectivity index (χ1v) is 6.22. The maximum Gasteiger partial charge on any atom is 0.251 e. The van der Waals surface area contributed by atoms with Gasteiger partial charge in [0.25, 0.3) is 5.91 Å². The van der Waals surface area contributed by atoms with Gasteiger partial charge in [0.2, 0.25) is 0 Å². The van der Waals surface area contributed by atoms with E-state index >= 15 is 0 Å². The first kappa shape index (κ1) is 13.6. The molecule has 0 saturated carbocycles. The lowest BCUT2D eigenvalue weighted by Gasteiger charge is -2.09. The highest BCUT2D eigenvalue weighted by Crippen LogP contribution is 2.15. The summed E-state index contributed by atoms with van der Waals surface area (Å²) in [5.74, 6) is 0.865. The normalized spacial score (nSPS) is 12.2. The number of amides is 1. The SMILES string of the molecule is Cc1ccc([C@H](O)CNC(=O)c2cccc(Cl)c2)o1. The van der Waals surface area contributed by atoms with E-state index in [1.165, 1.54) is 0 Å². The van der Waals surface area contributed by atoms with Crippen LogP contribution in [-0.2, 0) is 0 Å². The van der Waals surface area contributed by atoms with Gasteiger partial charge in [0.05, 0.1) is 6.54 Å². The summed E-state index contributed by atoms with van der Waals surface area (Å²) >= 11 is 5.81. The van der Waals surface area contributed by atoms with Gasteiger partial charge in [-0.15, -0.1) is 0 Å². The molecular weight excluding hydrogens is 266 g/mol. The molecule has 2 rings (SSSR count). The number of halogens is 1. The Kier molecular flexibility index (Phi) is 4.24. The number of aryl methyl sites for hydroxylation is 1. The van der Waals surface area contributed by atoms with E-state index in [-0.39, 0.29) is 12.5 Å². The average molecular weight is 280 g/mol. The first-order chi connectivity index (χ1) is 9.06. The zero-order chi connectivity index (χ0) is 13.8. The smallest absolute Gasteiger partial charge is 0.251 e. The standard InChI is InChI=1S/C14H14ClNO3/c1-9-5-6-13(19-9)12(17)8-16-14(18)10-3-2-4-11(15)7-10/h2-7,12,17H,8H2,1H3,(H,16,18)/t12-/m1/s1. The molecule has 2 N–H and O–H groups in total. The van der Waals surface area contributed by atoms with Crippen molar-refractivity contribution in [3.05, 3.63) is 58.5 Å². The maximum absolute atomic E-state index is 11.8. The Morgan fingerprint density at radius 1 is 1.42 bits per heavy atom. The van der Waals surface area contributed by atoms with Crippen LogP contribution in [0.3, 0.4) is 0 Å². The van der Waals surface area contributed by atoms with Gasteiger partial charge in [-0.1, -0.05) is 17.7 Å². The predicted molar refractivity (Wildman–Crippen MR) is 72.2 cm³/mol. The molecule has 2 aromatic rings. The Bertz CT molecular complexity index is 580. The Labute approximate surface area is 116 Å². The van der Waals surface area contributed by atoms with Gasteiger partial charge in [-0.3, -0.25) is 4.79 Å². The molecule has 1 aromatic carbocycles. The average Bonchev–Trinajstić information content (AvgIpc) is 2.82. The number of hydrogen-bond donors (Lipinski definition) is 2. The van der Waals surface area contributed by atoms with Gasteiger partial charge in [-0.05, 0) is 37.3 Å². The van der Waals surface area contributed by atoms with Crippen molar-refractivity contribution in [2.45, 2.75) is 13.0 Å². The third-order valence-corrected chi connectivity index (χ3v) is 2.87. The van der Waals surface area contributed by atoms with Crippen LogP contribution in [0.1, 0.15) is 28.0 Å². The van der Waals surface area contributed by atoms with E-state index in [1.807, 2.05) is 0 Å². The number of carbonyl (C=O) groups is 1. The molecule has 5 heteroatoms. The molecule has 1 aromatic heterocycles. The molecular formula is C14H14ClNO3. The Morgan fingerprint density at radius 3 is 2.84 bits per heavy atom. The monoisotopic (exact) mass is 279 g/mol. The topological polar surface area (TPSA) is 62.5 Å². The Morgan fingerprint density at radius 2 is 2.21 bits per heavy atom. The molecule has 0 bridgehead atoms. The van der Waals surface area contributed by atoms with Crippen LogP contribution in [0.25, 0.3) is 0 Å². The summed E-state index contributed by atoms with van der Waals surface area (Å²) < 4.78 is 5.28. The minimum absolute atomic E-state index is 0.0816. The number of benzene rings is 1. The lowest BCUT2D eigenvalue weighted by Crippen LogP contribution is -2.28. The Hall–Kier alpha value is -1.78. The number of nitrogens with one attached hydrogen (secondary N) is 1. The van der Waals surface area contributed by atoms with E-state index in [2.05, 4.69) is 5.32 Å². The second-order valence-corrected chi connectivity index (χ2v) is 4.62. The minimum Gasteiger partial charge on any atom is -0.464 e. The van der Waals surface area contributed by atoms with Gasteiger partial charge in [-0.2, -0.15) is 0 Å². The van der Waals surface area contributed by atoms with E-state index in [9.17, 15) is 9.90 Å². The van der Waals surface area contributed by atoms with Crippen molar-refractivity contribution in [3.8, 4) is 0 Å². The molecule has 1 heterocycles. The number of hydrogen-bond acceptors (Lipinski definition) is 3. The van der Waals surface area contributed by atoms with Crippen LogP contribution in [0.4, 0.5) is 0 Å². The van der Waals surface area contributed by atoms with Crippen molar-refractivity contribution in [1.29, 1.82) is 0 Å². The number of furan rings is 1. The molecule has 0 fully saturated rings. The molecule has 0 radical (unpaired) electrons. The highest BCUT2D eigenvalue weighted by molar-refractivity contribution is 6.30. The van der Waals surface area contributed by atoms with Crippen LogP contribution in [0.2, 0.25) is 5.02 Å². The third kappa shape index (κ3) is 3.59. The zero-order valence-corrected chi connectivity index (χ0v) is 11.1. The summed E-state index contributed by atoms with van der Waals surface area (Å²) in [5.41, 5.74) is 0.454. The number of carbonyl (C=O) groups excluding carboxylic acids is 1. The molecule has 4 nitrogen and oxygen atoms in total. The molecule has 0 spiro atoms. The first-order valence-electron chi connectivity index (χ1n) is 5.84. The van der Waals surface area contributed by atoms with E-state index in [0.29, 0.717) is 16.3 Å². The van der Waals surface area contributed by atoms with Crippen molar-refractivity contribution in [3.63, 3.8) is 0 Å². The summed E-state index contributed by atoms with van der Waals surface area (Å²) in [5, 5.41) is 13.0. The maximum atomic E-state index is 11.8. The molecule has 1 amide bonds. The largest absolute Gasteiger partial charge is 0.464 e. The fraction of sp³-hybridized carbons (Fsp3) is 0.214. The summed E-state index contributed by atoms with van der Waals surface area (Å²) in [6.07, 6.45) is -0.864. The van der Waals surface area contributed by atoms with Crippen molar-refractivity contribution in [1.82, 2.24) is 5.32 Å².